The molecule has 1 aliphatic heterocycles. The number of anilines is 1. The van der Waals surface area contributed by atoms with Gasteiger partial charge in [0.25, 0.3) is 5.91 Å². The standard InChI is InChI=1S/C24H19N3O2/c1-29-19-15-9-8-14-18(19)23-20-21(16-10-4-2-5-11-16)25-26-22(20)24(28)27(23)17-12-6-3-7-13-17/h2-15,23H,1H3,(H,25,26). The number of para-hydroxylation sites is 2. The Morgan fingerprint density at radius 1 is 0.897 bits per heavy atom. The van der Waals surface area contributed by atoms with Crippen molar-refractivity contribution in [2.75, 3.05) is 12.0 Å². The van der Waals surface area contributed by atoms with Crippen molar-refractivity contribution < 1.29 is 9.53 Å². The van der Waals surface area contributed by atoms with E-state index in [9.17, 15) is 4.79 Å². The molecule has 0 bridgehead atoms. The van der Waals surface area contributed by atoms with Gasteiger partial charge in [-0.05, 0) is 18.2 Å². The molecule has 3 aromatic carbocycles. The normalized spacial score (nSPS) is 15.4. The minimum Gasteiger partial charge on any atom is -0.496 e. The molecule has 0 saturated heterocycles. The third-order valence-corrected chi connectivity index (χ3v) is 5.28. The van der Waals surface area contributed by atoms with Gasteiger partial charge in [-0.15, -0.1) is 0 Å². The average Bonchev–Trinajstić information content (AvgIpc) is 3.34. The molecule has 0 aliphatic carbocycles. The van der Waals surface area contributed by atoms with Crippen LogP contribution >= 0.6 is 0 Å². The van der Waals surface area contributed by atoms with E-state index < -0.39 is 0 Å². The van der Waals surface area contributed by atoms with E-state index in [1.807, 2.05) is 89.8 Å². The zero-order valence-corrected chi connectivity index (χ0v) is 15.9. The lowest BCUT2D eigenvalue weighted by atomic mass is 9.95. The number of carbonyl (C=O) groups excluding carboxylic acids is 1. The van der Waals surface area contributed by atoms with Gasteiger partial charge < -0.3 is 4.74 Å². The van der Waals surface area contributed by atoms with Crippen molar-refractivity contribution in [2.45, 2.75) is 6.04 Å². The molecule has 5 heteroatoms. The third kappa shape index (κ3) is 2.70. The number of aromatic nitrogens is 2. The second-order valence-electron chi connectivity index (χ2n) is 6.88. The van der Waals surface area contributed by atoms with Gasteiger partial charge in [-0.3, -0.25) is 14.8 Å². The number of aromatic amines is 1. The first-order chi connectivity index (χ1) is 14.3. The second-order valence-corrected chi connectivity index (χ2v) is 6.88. The summed E-state index contributed by atoms with van der Waals surface area (Å²) in [6, 6.07) is 27.1. The minimum absolute atomic E-state index is 0.100. The van der Waals surface area contributed by atoms with Gasteiger partial charge >= 0.3 is 0 Å². The maximum atomic E-state index is 13.4. The summed E-state index contributed by atoms with van der Waals surface area (Å²) in [5, 5.41) is 7.49. The van der Waals surface area contributed by atoms with Crippen LogP contribution in [0.4, 0.5) is 5.69 Å². The average molecular weight is 381 g/mol. The summed E-state index contributed by atoms with van der Waals surface area (Å²) in [5.74, 6) is 0.635. The smallest absolute Gasteiger partial charge is 0.277 e. The minimum atomic E-state index is -0.343. The lowest BCUT2D eigenvalue weighted by molar-refractivity contribution is 0.0988. The number of methoxy groups -OCH3 is 1. The number of nitrogens with one attached hydrogen (secondary N) is 1. The highest BCUT2D eigenvalue weighted by molar-refractivity contribution is 6.11. The van der Waals surface area contributed by atoms with Gasteiger partial charge in [-0.2, -0.15) is 5.10 Å². The molecule has 0 radical (unpaired) electrons. The summed E-state index contributed by atoms with van der Waals surface area (Å²) in [5.41, 5.74) is 4.88. The van der Waals surface area contributed by atoms with E-state index in [1.165, 1.54) is 0 Å². The first kappa shape index (κ1) is 17.3. The summed E-state index contributed by atoms with van der Waals surface area (Å²) in [6.07, 6.45) is 0. The van der Waals surface area contributed by atoms with Crippen LogP contribution in [-0.2, 0) is 0 Å². The van der Waals surface area contributed by atoms with Crippen LogP contribution in [0.2, 0.25) is 0 Å². The molecule has 0 spiro atoms. The van der Waals surface area contributed by atoms with Crippen molar-refractivity contribution in [3.05, 3.63) is 102 Å². The molecule has 0 saturated carbocycles. The predicted octanol–water partition coefficient (Wildman–Crippen LogP) is 4.84. The van der Waals surface area contributed by atoms with Crippen LogP contribution in [0.1, 0.15) is 27.7 Å². The van der Waals surface area contributed by atoms with Gasteiger partial charge in [0, 0.05) is 22.4 Å². The number of carbonyl (C=O) groups is 1. The molecule has 142 valence electrons. The van der Waals surface area contributed by atoms with Crippen LogP contribution in [0.15, 0.2) is 84.9 Å². The van der Waals surface area contributed by atoms with E-state index in [0.29, 0.717) is 5.69 Å². The van der Waals surface area contributed by atoms with Crippen LogP contribution in [0.25, 0.3) is 11.3 Å². The number of amides is 1. The lowest BCUT2D eigenvalue weighted by Crippen LogP contribution is -2.29. The molecule has 1 N–H and O–H groups in total. The number of benzene rings is 3. The Bertz CT molecular complexity index is 1170. The van der Waals surface area contributed by atoms with E-state index in [1.54, 1.807) is 7.11 Å². The fraction of sp³-hybridized carbons (Fsp3) is 0.0833. The number of fused-ring (bicyclic) bond motifs is 1. The van der Waals surface area contributed by atoms with E-state index >= 15 is 0 Å². The molecule has 5 rings (SSSR count). The van der Waals surface area contributed by atoms with E-state index in [4.69, 9.17) is 4.74 Å². The van der Waals surface area contributed by atoms with Crippen LogP contribution in [-0.4, -0.2) is 23.2 Å². The molecule has 5 nitrogen and oxygen atoms in total. The largest absolute Gasteiger partial charge is 0.496 e. The molecular formula is C24H19N3O2. The molecule has 1 amide bonds. The fourth-order valence-electron chi connectivity index (χ4n) is 4.00. The van der Waals surface area contributed by atoms with Crippen molar-refractivity contribution in [3.8, 4) is 17.0 Å². The Hall–Kier alpha value is -3.86. The summed E-state index contributed by atoms with van der Waals surface area (Å²) >= 11 is 0. The van der Waals surface area contributed by atoms with Crippen molar-refractivity contribution in [1.29, 1.82) is 0 Å². The maximum Gasteiger partial charge on any atom is 0.277 e. The molecule has 1 atom stereocenters. The monoisotopic (exact) mass is 381 g/mol. The van der Waals surface area contributed by atoms with E-state index in [-0.39, 0.29) is 11.9 Å². The third-order valence-electron chi connectivity index (χ3n) is 5.28. The van der Waals surface area contributed by atoms with Gasteiger partial charge in [-0.25, -0.2) is 0 Å². The Kier molecular flexibility index (Phi) is 4.13. The van der Waals surface area contributed by atoms with Crippen molar-refractivity contribution in [1.82, 2.24) is 10.2 Å². The topological polar surface area (TPSA) is 58.2 Å². The number of rotatable bonds is 4. The van der Waals surface area contributed by atoms with Gasteiger partial charge in [0.05, 0.1) is 18.8 Å². The molecule has 4 aromatic rings. The van der Waals surface area contributed by atoms with Crippen molar-refractivity contribution in [2.24, 2.45) is 0 Å². The number of H-pyrrole nitrogens is 1. The molecule has 1 aliphatic rings. The Balaban J connectivity index is 1.77. The molecular weight excluding hydrogens is 362 g/mol. The predicted molar refractivity (Wildman–Crippen MR) is 112 cm³/mol. The lowest BCUT2D eigenvalue weighted by Gasteiger charge is -2.27. The number of hydrogen-bond acceptors (Lipinski definition) is 3. The highest BCUT2D eigenvalue weighted by atomic mass is 16.5. The van der Waals surface area contributed by atoms with Gasteiger partial charge in [0.1, 0.15) is 11.4 Å². The molecule has 2 heterocycles. The highest BCUT2D eigenvalue weighted by Gasteiger charge is 2.44. The van der Waals surface area contributed by atoms with Crippen LogP contribution in [0.3, 0.4) is 0 Å². The number of ether oxygens (including phenoxy) is 1. The van der Waals surface area contributed by atoms with Gasteiger partial charge in [0.2, 0.25) is 0 Å². The Morgan fingerprint density at radius 3 is 2.28 bits per heavy atom. The van der Waals surface area contributed by atoms with Crippen molar-refractivity contribution in [3.63, 3.8) is 0 Å². The zero-order chi connectivity index (χ0) is 19.8. The molecule has 0 fully saturated rings. The van der Waals surface area contributed by atoms with Crippen LogP contribution in [0, 0.1) is 0 Å². The molecule has 1 aromatic heterocycles. The quantitative estimate of drug-likeness (QED) is 0.551. The zero-order valence-electron chi connectivity index (χ0n) is 15.9. The summed E-state index contributed by atoms with van der Waals surface area (Å²) in [6.45, 7) is 0. The van der Waals surface area contributed by atoms with E-state index in [0.717, 1.165) is 33.8 Å². The van der Waals surface area contributed by atoms with Gasteiger partial charge in [0.15, 0.2) is 0 Å². The fourth-order valence-corrected chi connectivity index (χ4v) is 4.00. The number of hydrogen-bond donors (Lipinski definition) is 1. The maximum absolute atomic E-state index is 13.4. The first-order valence-electron chi connectivity index (χ1n) is 9.45. The van der Waals surface area contributed by atoms with Crippen LogP contribution < -0.4 is 9.64 Å². The summed E-state index contributed by atoms with van der Waals surface area (Å²) < 4.78 is 5.65. The first-order valence-corrected chi connectivity index (χ1v) is 9.45. The van der Waals surface area contributed by atoms with E-state index in [2.05, 4.69) is 10.2 Å². The Labute approximate surface area is 168 Å². The van der Waals surface area contributed by atoms with Crippen LogP contribution in [0.5, 0.6) is 5.75 Å². The molecule has 1 unspecified atom stereocenters. The highest BCUT2D eigenvalue weighted by Crippen LogP contribution is 2.47. The van der Waals surface area contributed by atoms with Crippen molar-refractivity contribution >= 4 is 11.6 Å². The number of nitrogens with zero attached hydrogens (tertiary/aromatic N) is 2. The summed E-state index contributed by atoms with van der Waals surface area (Å²) in [7, 11) is 1.65. The molecule has 29 heavy (non-hydrogen) atoms. The summed E-state index contributed by atoms with van der Waals surface area (Å²) in [4.78, 5) is 15.3. The second kappa shape index (κ2) is 6.95. The Morgan fingerprint density at radius 2 is 1.55 bits per heavy atom. The SMILES string of the molecule is COc1ccccc1C1c2c(-c3ccccc3)n[nH]c2C(=O)N1c1ccccc1. The van der Waals surface area contributed by atoms with Gasteiger partial charge in [-0.1, -0.05) is 66.7 Å².